The van der Waals surface area contributed by atoms with E-state index in [0.717, 1.165) is 54.9 Å². The molecular formula is C19H19BrClN3O. The van der Waals surface area contributed by atoms with Gasteiger partial charge in [-0.25, -0.2) is 4.98 Å². The second-order valence-corrected chi connectivity index (χ2v) is 8.06. The number of halogens is 2. The molecule has 1 aromatic heterocycles. The Balaban J connectivity index is 1.44. The van der Waals surface area contributed by atoms with Crippen LogP contribution < -0.4 is 4.90 Å². The van der Waals surface area contributed by atoms with Crippen molar-refractivity contribution in [1.82, 2.24) is 9.88 Å². The maximum absolute atomic E-state index is 13.1. The van der Waals surface area contributed by atoms with Gasteiger partial charge in [-0.2, -0.15) is 0 Å². The Morgan fingerprint density at radius 1 is 1.12 bits per heavy atom. The summed E-state index contributed by atoms with van der Waals surface area (Å²) in [6.07, 6.45) is 3.65. The first kappa shape index (κ1) is 16.9. The van der Waals surface area contributed by atoms with Crippen LogP contribution in [0.3, 0.4) is 0 Å². The zero-order valence-corrected chi connectivity index (χ0v) is 16.1. The molecule has 4 nitrogen and oxygen atoms in total. The Hall–Kier alpha value is -1.59. The fourth-order valence-electron chi connectivity index (χ4n) is 3.53. The van der Waals surface area contributed by atoms with Crippen LogP contribution in [0, 0.1) is 0 Å². The van der Waals surface area contributed by atoms with Crippen LogP contribution in [0.4, 0.5) is 5.82 Å². The summed E-state index contributed by atoms with van der Waals surface area (Å²) in [5, 5.41) is 0.697. The predicted octanol–water partition coefficient (Wildman–Crippen LogP) is 3.88. The van der Waals surface area contributed by atoms with Gasteiger partial charge in [0.2, 0.25) is 5.91 Å². The molecule has 4 rings (SSSR count). The second kappa shape index (κ2) is 6.61. The van der Waals surface area contributed by atoms with Crippen molar-refractivity contribution in [2.75, 3.05) is 31.1 Å². The lowest BCUT2D eigenvalue weighted by molar-refractivity contribution is -0.134. The molecule has 25 heavy (non-hydrogen) atoms. The van der Waals surface area contributed by atoms with Gasteiger partial charge in [0.05, 0.1) is 5.41 Å². The smallest absolute Gasteiger partial charge is 0.233 e. The van der Waals surface area contributed by atoms with E-state index in [-0.39, 0.29) is 11.3 Å². The number of piperazine rings is 1. The van der Waals surface area contributed by atoms with Crippen LogP contribution in [0.5, 0.6) is 0 Å². The second-order valence-electron chi connectivity index (χ2n) is 6.71. The summed E-state index contributed by atoms with van der Waals surface area (Å²) in [5.41, 5.74) is 0.713. The molecule has 0 spiro atoms. The van der Waals surface area contributed by atoms with E-state index in [4.69, 9.17) is 11.6 Å². The first-order chi connectivity index (χ1) is 12.1. The summed E-state index contributed by atoms with van der Waals surface area (Å²) in [4.78, 5) is 21.8. The molecule has 130 valence electrons. The molecule has 0 unspecified atom stereocenters. The molecule has 0 N–H and O–H groups in total. The number of anilines is 1. The monoisotopic (exact) mass is 419 g/mol. The molecule has 1 aliphatic carbocycles. The third-order valence-corrected chi connectivity index (χ3v) is 5.84. The molecular weight excluding hydrogens is 402 g/mol. The van der Waals surface area contributed by atoms with Crippen molar-refractivity contribution in [2.45, 2.75) is 18.3 Å². The highest BCUT2D eigenvalue weighted by Gasteiger charge is 2.53. The van der Waals surface area contributed by atoms with Gasteiger partial charge in [0.15, 0.2) is 0 Å². The van der Waals surface area contributed by atoms with Crippen molar-refractivity contribution in [3.05, 3.63) is 57.7 Å². The van der Waals surface area contributed by atoms with Crippen LogP contribution in [0.15, 0.2) is 47.1 Å². The molecule has 0 atom stereocenters. The highest BCUT2D eigenvalue weighted by molar-refractivity contribution is 9.10. The number of pyridine rings is 1. The minimum Gasteiger partial charge on any atom is -0.353 e. The van der Waals surface area contributed by atoms with Crippen LogP contribution in [-0.2, 0) is 10.2 Å². The summed E-state index contributed by atoms with van der Waals surface area (Å²) in [6.45, 7) is 3.09. The molecule has 0 radical (unpaired) electrons. The summed E-state index contributed by atoms with van der Waals surface area (Å²) in [5.74, 6) is 1.21. The van der Waals surface area contributed by atoms with Crippen LogP contribution in [0.1, 0.15) is 18.4 Å². The van der Waals surface area contributed by atoms with Crippen LogP contribution >= 0.6 is 27.5 Å². The zero-order chi connectivity index (χ0) is 17.4. The maximum atomic E-state index is 13.1. The maximum Gasteiger partial charge on any atom is 0.233 e. The SMILES string of the molecule is O=C(N1CCN(c2ccc(Br)cn2)CC1)C1(c2cccc(Cl)c2)CC1. The highest BCUT2D eigenvalue weighted by Crippen LogP contribution is 2.50. The van der Waals surface area contributed by atoms with Gasteiger partial charge in [-0.05, 0) is 58.6 Å². The lowest BCUT2D eigenvalue weighted by atomic mass is 9.94. The quantitative estimate of drug-likeness (QED) is 0.756. The molecule has 1 saturated heterocycles. The number of nitrogens with zero attached hydrogens (tertiary/aromatic N) is 3. The van der Waals surface area contributed by atoms with E-state index in [0.29, 0.717) is 5.02 Å². The number of rotatable bonds is 3. The third-order valence-electron chi connectivity index (χ3n) is 5.14. The van der Waals surface area contributed by atoms with Crippen molar-refractivity contribution in [2.24, 2.45) is 0 Å². The number of benzene rings is 1. The summed E-state index contributed by atoms with van der Waals surface area (Å²) in [6, 6.07) is 11.8. The number of hydrogen-bond donors (Lipinski definition) is 0. The van der Waals surface area contributed by atoms with Gasteiger partial charge in [0.1, 0.15) is 5.82 Å². The Labute approximate surface area is 160 Å². The molecule has 2 aromatic rings. The van der Waals surface area contributed by atoms with E-state index in [1.807, 2.05) is 47.5 Å². The summed E-state index contributed by atoms with van der Waals surface area (Å²) >= 11 is 9.54. The van der Waals surface area contributed by atoms with Gasteiger partial charge in [-0.15, -0.1) is 0 Å². The average molecular weight is 421 g/mol. The van der Waals surface area contributed by atoms with Crippen molar-refractivity contribution in [3.63, 3.8) is 0 Å². The van der Waals surface area contributed by atoms with E-state index in [1.54, 1.807) is 0 Å². The number of carbonyl (C=O) groups excluding carboxylic acids is 1. The van der Waals surface area contributed by atoms with E-state index in [9.17, 15) is 4.79 Å². The van der Waals surface area contributed by atoms with E-state index in [1.165, 1.54) is 0 Å². The molecule has 1 saturated carbocycles. The van der Waals surface area contributed by atoms with Crippen molar-refractivity contribution in [3.8, 4) is 0 Å². The number of amides is 1. The fourth-order valence-corrected chi connectivity index (χ4v) is 3.96. The van der Waals surface area contributed by atoms with Gasteiger partial charge in [-0.1, -0.05) is 23.7 Å². The lowest BCUT2D eigenvalue weighted by Gasteiger charge is -2.37. The van der Waals surface area contributed by atoms with Crippen molar-refractivity contribution in [1.29, 1.82) is 0 Å². The first-order valence-electron chi connectivity index (χ1n) is 8.50. The van der Waals surface area contributed by atoms with E-state index < -0.39 is 0 Å². The van der Waals surface area contributed by atoms with Gasteiger partial charge >= 0.3 is 0 Å². The molecule has 2 heterocycles. The van der Waals surface area contributed by atoms with Crippen LogP contribution in [0.2, 0.25) is 5.02 Å². The Bertz CT molecular complexity index is 784. The van der Waals surface area contributed by atoms with E-state index >= 15 is 0 Å². The van der Waals surface area contributed by atoms with Gasteiger partial charge < -0.3 is 9.80 Å². The molecule has 6 heteroatoms. The van der Waals surface area contributed by atoms with Crippen LogP contribution in [0.25, 0.3) is 0 Å². The Morgan fingerprint density at radius 2 is 1.88 bits per heavy atom. The molecule has 1 aromatic carbocycles. The fraction of sp³-hybridized carbons (Fsp3) is 0.368. The first-order valence-corrected chi connectivity index (χ1v) is 9.67. The van der Waals surface area contributed by atoms with Gasteiger partial charge in [0.25, 0.3) is 0 Å². The standard InChI is InChI=1S/C19H19BrClN3O/c20-15-4-5-17(22-13-15)23-8-10-24(11-9-23)18(25)19(6-7-19)14-2-1-3-16(21)12-14/h1-5,12-13H,6-11H2. The van der Waals surface area contributed by atoms with Crippen LogP contribution in [-0.4, -0.2) is 42.0 Å². The van der Waals surface area contributed by atoms with Crippen molar-refractivity contribution < 1.29 is 4.79 Å². The summed E-state index contributed by atoms with van der Waals surface area (Å²) < 4.78 is 0.974. The number of aromatic nitrogens is 1. The Kier molecular flexibility index (Phi) is 4.46. The molecule has 2 aliphatic rings. The van der Waals surface area contributed by atoms with E-state index in [2.05, 4.69) is 25.8 Å². The van der Waals surface area contributed by atoms with Gasteiger partial charge in [0, 0.05) is 41.9 Å². The highest BCUT2D eigenvalue weighted by atomic mass is 79.9. The van der Waals surface area contributed by atoms with Crippen molar-refractivity contribution >= 4 is 39.3 Å². The molecule has 1 aliphatic heterocycles. The zero-order valence-electron chi connectivity index (χ0n) is 13.8. The molecule has 2 fully saturated rings. The van der Waals surface area contributed by atoms with Gasteiger partial charge in [-0.3, -0.25) is 4.79 Å². The largest absolute Gasteiger partial charge is 0.353 e. The predicted molar refractivity (Wildman–Crippen MR) is 103 cm³/mol. The number of hydrogen-bond acceptors (Lipinski definition) is 3. The minimum absolute atomic E-state index is 0.248. The lowest BCUT2D eigenvalue weighted by Crippen LogP contribution is -2.51. The minimum atomic E-state index is -0.344. The Morgan fingerprint density at radius 3 is 2.48 bits per heavy atom. The molecule has 1 amide bonds. The topological polar surface area (TPSA) is 36.4 Å². The number of carbonyl (C=O) groups is 1. The summed E-state index contributed by atoms with van der Waals surface area (Å²) in [7, 11) is 0. The third kappa shape index (κ3) is 3.27. The normalized spacial score (nSPS) is 19.0. The molecule has 0 bridgehead atoms. The average Bonchev–Trinajstić information content (AvgIpc) is 3.44.